The molecule has 17 heavy (non-hydrogen) atoms. The van der Waals surface area contributed by atoms with Crippen molar-refractivity contribution in [2.24, 2.45) is 11.7 Å². The molecule has 5 nitrogen and oxygen atoms in total. The molecule has 2 N–H and O–H groups in total. The Labute approximate surface area is 102 Å². The zero-order valence-corrected chi connectivity index (χ0v) is 10.9. The van der Waals surface area contributed by atoms with Crippen LogP contribution in [0.25, 0.3) is 0 Å². The van der Waals surface area contributed by atoms with Gasteiger partial charge in [0.1, 0.15) is 5.60 Å². The molecular weight excluding hydrogens is 220 g/mol. The molecule has 98 valence electrons. The molecular formula is C12H22N2O3. The third kappa shape index (κ3) is 2.72. The number of carbonyl (C=O) groups excluding carboxylic acids is 1. The van der Waals surface area contributed by atoms with E-state index >= 15 is 0 Å². The van der Waals surface area contributed by atoms with Gasteiger partial charge >= 0.3 is 6.09 Å². The topological polar surface area (TPSA) is 64.8 Å². The number of fused-ring (bicyclic) bond motifs is 2. The van der Waals surface area contributed by atoms with Crippen LogP contribution in [0.4, 0.5) is 4.79 Å². The first-order valence-electron chi connectivity index (χ1n) is 6.15. The molecule has 2 unspecified atom stereocenters. The van der Waals surface area contributed by atoms with Crippen molar-refractivity contribution in [1.82, 2.24) is 4.90 Å². The zero-order valence-electron chi connectivity index (χ0n) is 10.9. The number of rotatable bonds is 1. The van der Waals surface area contributed by atoms with Crippen molar-refractivity contribution in [1.29, 1.82) is 0 Å². The number of nitrogens with two attached hydrogens (primary N) is 1. The maximum atomic E-state index is 12.0. The third-order valence-electron chi connectivity index (χ3n) is 3.27. The van der Waals surface area contributed by atoms with Crippen molar-refractivity contribution < 1.29 is 14.3 Å². The van der Waals surface area contributed by atoms with Crippen molar-refractivity contribution in [2.45, 2.75) is 38.4 Å². The van der Waals surface area contributed by atoms with E-state index in [0.29, 0.717) is 25.6 Å². The minimum absolute atomic E-state index is 0.259. The number of amides is 1. The first-order valence-corrected chi connectivity index (χ1v) is 6.15. The molecule has 2 aliphatic rings. The predicted molar refractivity (Wildman–Crippen MR) is 63.7 cm³/mol. The number of piperidine rings is 1. The second kappa shape index (κ2) is 4.14. The minimum Gasteiger partial charge on any atom is -0.444 e. The Bertz CT molecular complexity index is 313. The molecule has 0 aromatic heterocycles. The maximum absolute atomic E-state index is 12.0. The summed E-state index contributed by atoms with van der Waals surface area (Å²) in [6, 6.07) is 0. The molecule has 2 rings (SSSR count). The molecule has 2 fully saturated rings. The predicted octanol–water partition coefficient (Wildman–Crippen LogP) is 0.971. The highest BCUT2D eigenvalue weighted by Gasteiger charge is 2.47. The highest BCUT2D eigenvalue weighted by atomic mass is 16.6. The van der Waals surface area contributed by atoms with Crippen LogP contribution in [0.3, 0.4) is 0 Å². The number of likely N-dealkylation sites (tertiary alicyclic amines) is 1. The lowest BCUT2D eigenvalue weighted by molar-refractivity contribution is -0.0264. The summed E-state index contributed by atoms with van der Waals surface area (Å²) in [5, 5.41) is 0. The van der Waals surface area contributed by atoms with Crippen LogP contribution in [-0.2, 0) is 9.47 Å². The summed E-state index contributed by atoms with van der Waals surface area (Å²) in [6.07, 6.45) is 0.702. The molecule has 2 atom stereocenters. The Kier molecular flexibility index (Phi) is 3.08. The van der Waals surface area contributed by atoms with Gasteiger partial charge in [-0.25, -0.2) is 4.79 Å². The van der Waals surface area contributed by atoms with E-state index in [9.17, 15) is 4.79 Å². The summed E-state index contributed by atoms with van der Waals surface area (Å²) in [5.74, 6) is 0.403. The summed E-state index contributed by atoms with van der Waals surface area (Å²) < 4.78 is 11.1. The number of hydrogen-bond acceptors (Lipinski definition) is 4. The summed E-state index contributed by atoms with van der Waals surface area (Å²) in [4.78, 5) is 13.7. The summed E-state index contributed by atoms with van der Waals surface area (Å²) in [7, 11) is 0. The quantitative estimate of drug-likeness (QED) is 0.744. The van der Waals surface area contributed by atoms with Gasteiger partial charge in [-0.2, -0.15) is 0 Å². The van der Waals surface area contributed by atoms with Gasteiger partial charge in [-0.05, 0) is 27.2 Å². The molecule has 2 bridgehead atoms. The van der Waals surface area contributed by atoms with Gasteiger partial charge in [0.2, 0.25) is 0 Å². The Morgan fingerprint density at radius 1 is 1.59 bits per heavy atom. The van der Waals surface area contributed by atoms with E-state index in [1.807, 2.05) is 20.8 Å². The van der Waals surface area contributed by atoms with Crippen LogP contribution in [0.2, 0.25) is 0 Å². The smallest absolute Gasteiger partial charge is 0.410 e. The van der Waals surface area contributed by atoms with Crippen molar-refractivity contribution in [3.8, 4) is 0 Å². The van der Waals surface area contributed by atoms with E-state index in [2.05, 4.69) is 0 Å². The Balaban J connectivity index is 2.01. The fourth-order valence-electron chi connectivity index (χ4n) is 2.56. The number of nitrogens with zero attached hydrogens (tertiary/aromatic N) is 1. The molecule has 2 heterocycles. The molecule has 5 heteroatoms. The number of ether oxygens (including phenoxy) is 2. The molecule has 2 saturated heterocycles. The lowest BCUT2D eigenvalue weighted by Crippen LogP contribution is -2.54. The molecule has 0 saturated carbocycles. The van der Waals surface area contributed by atoms with Crippen LogP contribution in [0, 0.1) is 5.92 Å². The van der Waals surface area contributed by atoms with E-state index < -0.39 is 5.60 Å². The first kappa shape index (κ1) is 12.6. The molecule has 0 aromatic carbocycles. The van der Waals surface area contributed by atoms with Crippen molar-refractivity contribution >= 4 is 6.09 Å². The first-order chi connectivity index (χ1) is 7.84. The fourth-order valence-corrected chi connectivity index (χ4v) is 2.56. The largest absolute Gasteiger partial charge is 0.444 e. The van der Waals surface area contributed by atoms with E-state index in [1.54, 1.807) is 4.90 Å². The van der Waals surface area contributed by atoms with Crippen LogP contribution in [-0.4, -0.2) is 48.4 Å². The van der Waals surface area contributed by atoms with Crippen LogP contribution < -0.4 is 5.73 Å². The maximum Gasteiger partial charge on any atom is 0.410 e. The van der Waals surface area contributed by atoms with Gasteiger partial charge in [0, 0.05) is 19.0 Å². The molecule has 0 radical (unpaired) electrons. The minimum atomic E-state index is -0.454. The number of carbonyl (C=O) groups is 1. The van der Waals surface area contributed by atoms with E-state index in [1.165, 1.54) is 0 Å². The van der Waals surface area contributed by atoms with Crippen LogP contribution in [0.5, 0.6) is 0 Å². The Morgan fingerprint density at radius 2 is 2.29 bits per heavy atom. The third-order valence-corrected chi connectivity index (χ3v) is 3.27. The van der Waals surface area contributed by atoms with Gasteiger partial charge in [0.05, 0.1) is 18.8 Å². The second-order valence-electron chi connectivity index (χ2n) is 6.13. The van der Waals surface area contributed by atoms with E-state index in [0.717, 1.165) is 13.0 Å². The van der Waals surface area contributed by atoms with Gasteiger partial charge in [-0.1, -0.05) is 0 Å². The van der Waals surface area contributed by atoms with Crippen LogP contribution in [0.1, 0.15) is 27.2 Å². The lowest BCUT2D eigenvalue weighted by Gasteiger charge is -2.38. The number of hydrogen-bond donors (Lipinski definition) is 1. The SMILES string of the molecule is CC(C)(C)OC(=O)N1CC2COC(CN)(C2)C1. The van der Waals surface area contributed by atoms with Gasteiger partial charge in [-0.3, -0.25) is 0 Å². The Hall–Kier alpha value is -0.810. The summed E-state index contributed by atoms with van der Waals surface area (Å²) >= 11 is 0. The monoisotopic (exact) mass is 242 g/mol. The average molecular weight is 242 g/mol. The second-order valence-corrected chi connectivity index (χ2v) is 6.13. The molecule has 0 aliphatic carbocycles. The molecule has 0 aromatic rings. The normalized spacial score (nSPS) is 32.7. The van der Waals surface area contributed by atoms with Crippen LogP contribution >= 0.6 is 0 Å². The Morgan fingerprint density at radius 3 is 2.88 bits per heavy atom. The zero-order chi connectivity index (χ0) is 12.7. The van der Waals surface area contributed by atoms with Crippen molar-refractivity contribution in [3.63, 3.8) is 0 Å². The van der Waals surface area contributed by atoms with E-state index in [4.69, 9.17) is 15.2 Å². The van der Waals surface area contributed by atoms with Gasteiger partial charge in [0.25, 0.3) is 0 Å². The molecule has 2 aliphatic heterocycles. The van der Waals surface area contributed by atoms with Gasteiger partial charge in [0.15, 0.2) is 0 Å². The van der Waals surface area contributed by atoms with Crippen LogP contribution in [0.15, 0.2) is 0 Å². The summed E-state index contributed by atoms with van der Waals surface area (Å²) in [5.41, 5.74) is 4.97. The summed E-state index contributed by atoms with van der Waals surface area (Å²) in [6.45, 7) is 8.06. The lowest BCUT2D eigenvalue weighted by atomic mass is 9.89. The van der Waals surface area contributed by atoms with Crippen molar-refractivity contribution in [2.75, 3.05) is 26.2 Å². The highest BCUT2D eigenvalue weighted by Crippen LogP contribution is 2.35. The van der Waals surface area contributed by atoms with E-state index in [-0.39, 0.29) is 11.7 Å². The average Bonchev–Trinajstić information content (AvgIpc) is 2.52. The standard InChI is InChI=1S/C12H22N2O3/c1-11(2,3)17-10(15)14-5-9-4-12(7-13,8-14)16-6-9/h9H,4-8,13H2,1-3H3. The molecule has 1 amide bonds. The fraction of sp³-hybridized carbons (Fsp3) is 0.917. The van der Waals surface area contributed by atoms with Gasteiger partial charge < -0.3 is 20.1 Å². The highest BCUT2D eigenvalue weighted by molar-refractivity contribution is 5.68. The van der Waals surface area contributed by atoms with Crippen molar-refractivity contribution in [3.05, 3.63) is 0 Å². The van der Waals surface area contributed by atoms with Gasteiger partial charge in [-0.15, -0.1) is 0 Å². The molecule has 0 spiro atoms.